The number of nitro groups is 1. The molecule has 88 valence electrons. The summed E-state index contributed by atoms with van der Waals surface area (Å²) in [5, 5.41) is 10.4. The zero-order valence-corrected chi connectivity index (χ0v) is 10.8. The van der Waals surface area contributed by atoms with Gasteiger partial charge in [0.1, 0.15) is 0 Å². The van der Waals surface area contributed by atoms with Gasteiger partial charge in [-0.15, -0.1) is 0 Å². The van der Waals surface area contributed by atoms with E-state index in [1.54, 1.807) is 0 Å². The van der Waals surface area contributed by atoms with E-state index in [1.165, 1.54) is 19.2 Å². The van der Waals surface area contributed by atoms with Crippen LogP contribution in [-0.4, -0.2) is 18.0 Å². The molecule has 0 N–H and O–H groups in total. The number of nitro benzene ring substituents is 1. The third-order valence-corrected chi connectivity index (χ3v) is 2.26. The smallest absolute Gasteiger partial charge is 0.339 e. The van der Waals surface area contributed by atoms with Crippen molar-refractivity contribution in [1.82, 2.24) is 0 Å². The fraction of sp³-hybridized carbons (Fsp3) is 0.300. The van der Waals surface area contributed by atoms with Crippen LogP contribution >= 0.6 is 15.9 Å². The minimum absolute atomic E-state index is 0.140. The number of hydrogen-bond donors (Lipinski definition) is 0. The van der Waals surface area contributed by atoms with Crippen LogP contribution in [0.1, 0.15) is 24.2 Å². The normalized spacial score (nSPS) is 8.75. The van der Waals surface area contributed by atoms with Crippen molar-refractivity contribution in [3.63, 3.8) is 0 Å². The van der Waals surface area contributed by atoms with E-state index in [2.05, 4.69) is 20.7 Å². The number of carbonyl (C=O) groups is 1. The molecule has 1 aromatic carbocycles. The summed E-state index contributed by atoms with van der Waals surface area (Å²) in [7, 11) is 1.22. The van der Waals surface area contributed by atoms with E-state index in [0.29, 0.717) is 4.47 Å². The fourth-order valence-corrected chi connectivity index (χ4v) is 1.30. The highest BCUT2D eigenvalue weighted by molar-refractivity contribution is 9.10. The number of benzene rings is 1. The lowest BCUT2D eigenvalue weighted by Gasteiger charge is -2.01. The summed E-state index contributed by atoms with van der Waals surface area (Å²) in [6.07, 6.45) is 0. The number of nitrogens with zero attached hydrogens (tertiary/aromatic N) is 1. The molecule has 0 bridgehead atoms. The van der Waals surface area contributed by atoms with Crippen LogP contribution in [0.4, 0.5) is 5.69 Å². The molecule has 0 aliphatic rings. The second kappa shape index (κ2) is 6.95. The van der Waals surface area contributed by atoms with Gasteiger partial charge in [0.15, 0.2) is 0 Å². The highest BCUT2D eigenvalue weighted by atomic mass is 79.9. The lowest BCUT2D eigenvalue weighted by molar-refractivity contribution is -0.384. The SMILES string of the molecule is CC.COC(=O)c1cc([N+](=O)[O-])ccc1Br. The first-order valence-electron chi connectivity index (χ1n) is 4.58. The zero-order chi connectivity index (χ0) is 12.7. The number of esters is 1. The van der Waals surface area contributed by atoms with Crippen LogP contribution in [0.15, 0.2) is 22.7 Å². The van der Waals surface area contributed by atoms with Crippen molar-refractivity contribution in [3.05, 3.63) is 38.3 Å². The molecule has 0 aromatic heterocycles. The molecule has 0 amide bonds. The molecule has 0 fully saturated rings. The van der Waals surface area contributed by atoms with Gasteiger partial charge in [-0.2, -0.15) is 0 Å². The van der Waals surface area contributed by atoms with E-state index in [1.807, 2.05) is 13.8 Å². The largest absolute Gasteiger partial charge is 0.465 e. The van der Waals surface area contributed by atoms with Gasteiger partial charge in [-0.05, 0) is 22.0 Å². The molecule has 5 nitrogen and oxygen atoms in total. The Balaban J connectivity index is 0.00000106. The Morgan fingerprint density at radius 2 is 2.00 bits per heavy atom. The van der Waals surface area contributed by atoms with Crippen LogP contribution in [0.25, 0.3) is 0 Å². The fourth-order valence-electron chi connectivity index (χ4n) is 0.893. The third-order valence-electron chi connectivity index (χ3n) is 1.57. The van der Waals surface area contributed by atoms with Crippen molar-refractivity contribution in [3.8, 4) is 0 Å². The topological polar surface area (TPSA) is 69.4 Å². The number of non-ortho nitro benzene ring substituents is 1. The molecule has 0 atom stereocenters. The monoisotopic (exact) mass is 289 g/mol. The molecule has 1 aromatic rings. The van der Waals surface area contributed by atoms with Crippen LogP contribution in [0.5, 0.6) is 0 Å². The lowest BCUT2D eigenvalue weighted by atomic mass is 10.2. The van der Waals surface area contributed by atoms with E-state index in [0.717, 1.165) is 6.07 Å². The van der Waals surface area contributed by atoms with Gasteiger partial charge in [0, 0.05) is 16.6 Å². The highest BCUT2D eigenvalue weighted by Crippen LogP contribution is 2.22. The first-order chi connectivity index (χ1) is 7.56. The van der Waals surface area contributed by atoms with Crippen molar-refractivity contribution in [2.24, 2.45) is 0 Å². The summed E-state index contributed by atoms with van der Waals surface area (Å²) < 4.78 is 4.93. The molecule has 0 heterocycles. The summed E-state index contributed by atoms with van der Waals surface area (Å²) in [6, 6.07) is 3.90. The number of ether oxygens (including phenoxy) is 1. The van der Waals surface area contributed by atoms with E-state index >= 15 is 0 Å². The number of rotatable bonds is 2. The van der Waals surface area contributed by atoms with Gasteiger partial charge in [0.05, 0.1) is 17.6 Å². The summed E-state index contributed by atoms with van der Waals surface area (Å²) in [5.41, 5.74) is -0.00435. The molecule has 0 spiro atoms. The van der Waals surface area contributed by atoms with Gasteiger partial charge in [0.25, 0.3) is 5.69 Å². The van der Waals surface area contributed by atoms with Gasteiger partial charge in [0.2, 0.25) is 0 Å². The first-order valence-corrected chi connectivity index (χ1v) is 5.38. The van der Waals surface area contributed by atoms with E-state index in [4.69, 9.17) is 0 Å². The standard InChI is InChI=1S/C8H6BrNO4.C2H6/c1-14-8(11)6-4-5(10(12)13)2-3-7(6)9;1-2/h2-4H,1H3;1-2H3. The van der Waals surface area contributed by atoms with Crippen molar-refractivity contribution in [2.75, 3.05) is 7.11 Å². The summed E-state index contributed by atoms with van der Waals surface area (Å²) in [5.74, 6) is -0.611. The molecular weight excluding hydrogens is 278 g/mol. The Bertz CT molecular complexity index is 392. The summed E-state index contributed by atoms with van der Waals surface area (Å²) >= 11 is 3.10. The molecule has 0 aliphatic heterocycles. The van der Waals surface area contributed by atoms with Crippen LogP contribution in [0.2, 0.25) is 0 Å². The Kier molecular flexibility index (Phi) is 6.32. The lowest BCUT2D eigenvalue weighted by Crippen LogP contribution is -2.03. The molecule has 0 aliphatic carbocycles. The summed E-state index contributed by atoms with van der Waals surface area (Å²) in [4.78, 5) is 21.0. The maximum Gasteiger partial charge on any atom is 0.339 e. The molecule has 0 saturated carbocycles. The van der Waals surface area contributed by atoms with Crippen molar-refractivity contribution in [1.29, 1.82) is 0 Å². The summed E-state index contributed by atoms with van der Waals surface area (Å²) in [6.45, 7) is 4.00. The second-order valence-electron chi connectivity index (χ2n) is 2.41. The quantitative estimate of drug-likeness (QED) is 0.476. The molecule has 6 heteroatoms. The van der Waals surface area contributed by atoms with E-state index < -0.39 is 10.9 Å². The molecule has 16 heavy (non-hydrogen) atoms. The maximum atomic E-state index is 11.1. The predicted molar refractivity (Wildman–Crippen MR) is 63.5 cm³/mol. The Morgan fingerprint density at radius 1 is 1.44 bits per heavy atom. The Hall–Kier alpha value is -1.43. The first kappa shape index (κ1) is 14.6. The minimum atomic E-state index is -0.611. The Morgan fingerprint density at radius 3 is 2.44 bits per heavy atom. The number of halogens is 1. The van der Waals surface area contributed by atoms with Gasteiger partial charge in [-0.1, -0.05) is 13.8 Å². The zero-order valence-electron chi connectivity index (χ0n) is 9.19. The van der Waals surface area contributed by atoms with Crippen LogP contribution in [0, 0.1) is 10.1 Å². The van der Waals surface area contributed by atoms with Crippen molar-refractivity contribution in [2.45, 2.75) is 13.8 Å². The average Bonchev–Trinajstić information content (AvgIpc) is 2.31. The van der Waals surface area contributed by atoms with Crippen LogP contribution in [-0.2, 0) is 4.74 Å². The van der Waals surface area contributed by atoms with Gasteiger partial charge < -0.3 is 4.74 Å². The molecule has 1 rings (SSSR count). The molecule has 0 unspecified atom stereocenters. The van der Waals surface area contributed by atoms with Crippen molar-refractivity contribution >= 4 is 27.6 Å². The van der Waals surface area contributed by atoms with Crippen molar-refractivity contribution < 1.29 is 14.5 Å². The van der Waals surface area contributed by atoms with Crippen LogP contribution in [0.3, 0.4) is 0 Å². The van der Waals surface area contributed by atoms with E-state index in [9.17, 15) is 14.9 Å². The number of hydrogen-bond acceptors (Lipinski definition) is 4. The van der Waals surface area contributed by atoms with Gasteiger partial charge in [-0.25, -0.2) is 4.79 Å². The predicted octanol–water partition coefficient (Wildman–Crippen LogP) is 3.17. The third kappa shape index (κ3) is 3.62. The van der Waals surface area contributed by atoms with Gasteiger partial charge in [-0.3, -0.25) is 10.1 Å². The molecule has 0 radical (unpaired) electrons. The minimum Gasteiger partial charge on any atom is -0.465 e. The highest BCUT2D eigenvalue weighted by Gasteiger charge is 2.15. The van der Waals surface area contributed by atoms with Crippen LogP contribution < -0.4 is 0 Å². The molecule has 0 saturated heterocycles. The van der Waals surface area contributed by atoms with E-state index in [-0.39, 0.29) is 11.3 Å². The number of carbonyl (C=O) groups excluding carboxylic acids is 1. The Labute approximate surface area is 102 Å². The van der Waals surface area contributed by atoms with Gasteiger partial charge >= 0.3 is 5.97 Å². The maximum absolute atomic E-state index is 11.1. The second-order valence-corrected chi connectivity index (χ2v) is 3.27. The average molecular weight is 290 g/mol. The number of methoxy groups -OCH3 is 1. The molecular formula is C10H12BrNO4.